The first-order valence-corrected chi connectivity index (χ1v) is 6.98. The summed E-state index contributed by atoms with van der Waals surface area (Å²) in [4.78, 5) is 0.747. The SMILES string of the molecule is COc1cc(-c2nn3c(C)nnc3s2)cc(OC)c1OC. The Kier molecular flexibility index (Phi) is 3.38. The van der Waals surface area contributed by atoms with E-state index in [-0.39, 0.29) is 0 Å². The molecule has 0 N–H and O–H groups in total. The molecule has 1 aromatic carbocycles. The predicted molar refractivity (Wildman–Crippen MR) is 78.5 cm³/mol. The molecular weight excluding hydrogens is 292 g/mol. The van der Waals surface area contributed by atoms with Crippen molar-refractivity contribution in [2.45, 2.75) is 6.92 Å². The van der Waals surface area contributed by atoms with Crippen molar-refractivity contribution < 1.29 is 14.2 Å². The summed E-state index contributed by atoms with van der Waals surface area (Å²) < 4.78 is 17.7. The Morgan fingerprint density at radius 3 is 2.19 bits per heavy atom. The zero-order valence-corrected chi connectivity index (χ0v) is 12.9. The van der Waals surface area contributed by atoms with E-state index in [0.29, 0.717) is 17.2 Å². The Balaban J connectivity index is 2.16. The number of fused-ring (bicyclic) bond motifs is 1. The highest BCUT2D eigenvalue weighted by Crippen LogP contribution is 2.41. The van der Waals surface area contributed by atoms with Crippen LogP contribution in [-0.4, -0.2) is 41.1 Å². The van der Waals surface area contributed by atoms with Crippen molar-refractivity contribution in [2.24, 2.45) is 0 Å². The van der Waals surface area contributed by atoms with E-state index in [2.05, 4.69) is 15.3 Å². The number of aryl methyl sites for hydroxylation is 1. The molecule has 0 saturated heterocycles. The largest absolute Gasteiger partial charge is 0.493 e. The molecule has 0 atom stereocenters. The number of rotatable bonds is 4. The number of aromatic nitrogens is 4. The Hall–Kier alpha value is -2.35. The van der Waals surface area contributed by atoms with Crippen molar-refractivity contribution in [1.29, 1.82) is 0 Å². The maximum atomic E-state index is 5.36. The second-order valence-electron chi connectivity index (χ2n) is 4.26. The first-order valence-electron chi connectivity index (χ1n) is 6.17. The molecule has 0 bridgehead atoms. The van der Waals surface area contributed by atoms with Crippen LogP contribution >= 0.6 is 11.3 Å². The molecule has 0 amide bonds. The fraction of sp³-hybridized carbons (Fsp3) is 0.308. The average molecular weight is 306 g/mol. The van der Waals surface area contributed by atoms with Gasteiger partial charge in [0, 0.05) is 5.56 Å². The summed E-state index contributed by atoms with van der Waals surface area (Å²) in [6.07, 6.45) is 0. The first kappa shape index (κ1) is 13.6. The lowest BCUT2D eigenvalue weighted by Crippen LogP contribution is -1.96. The van der Waals surface area contributed by atoms with Gasteiger partial charge < -0.3 is 14.2 Å². The third kappa shape index (κ3) is 2.17. The summed E-state index contributed by atoms with van der Waals surface area (Å²) in [7, 11) is 4.75. The minimum atomic E-state index is 0.558. The Morgan fingerprint density at radius 1 is 1.00 bits per heavy atom. The van der Waals surface area contributed by atoms with Gasteiger partial charge in [-0.2, -0.15) is 9.61 Å². The molecule has 0 aliphatic heterocycles. The van der Waals surface area contributed by atoms with Gasteiger partial charge in [0.15, 0.2) is 17.3 Å². The van der Waals surface area contributed by atoms with E-state index in [1.165, 1.54) is 11.3 Å². The molecule has 3 aromatic rings. The predicted octanol–water partition coefficient (Wildman–Crippen LogP) is 2.19. The van der Waals surface area contributed by atoms with Gasteiger partial charge in [0.1, 0.15) is 5.01 Å². The highest BCUT2D eigenvalue weighted by Gasteiger charge is 2.17. The molecule has 0 unspecified atom stereocenters. The Morgan fingerprint density at radius 2 is 1.67 bits per heavy atom. The maximum Gasteiger partial charge on any atom is 0.234 e. The smallest absolute Gasteiger partial charge is 0.234 e. The van der Waals surface area contributed by atoms with Crippen molar-refractivity contribution in [3.63, 3.8) is 0 Å². The van der Waals surface area contributed by atoms with Crippen LogP contribution in [0.3, 0.4) is 0 Å². The standard InChI is InChI=1S/C13H14N4O3S/c1-7-14-15-13-17(7)16-12(21-13)8-5-9(18-2)11(20-4)10(6-8)19-3/h5-6H,1-4H3. The molecule has 0 fully saturated rings. The monoisotopic (exact) mass is 306 g/mol. The average Bonchev–Trinajstić information content (AvgIpc) is 3.08. The summed E-state index contributed by atoms with van der Waals surface area (Å²) in [5, 5.41) is 13.4. The molecule has 0 radical (unpaired) electrons. The van der Waals surface area contributed by atoms with Gasteiger partial charge in [0.2, 0.25) is 10.7 Å². The maximum absolute atomic E-state index is 5.36. The highest BCUT2D eigenvalue weighted by atomic mass is 32.1. The van der Waals surface area contributed by atoms with Crippen LogP contribution in [0.2, 0.25) is 0 Å². The number of nitrogens with zero attached hydrogens (tertiary/aromatic N) is 4. The van der Waals surface area contributed by atoms with E-state index in [9.17, 15) is 0 Å². The summed E-state index contributed by atoms with van der Waals surface area (Å²) >= 11 is 1.45. The van der Waals surface area contributed by atoms with Crippen molar-refractivity contribution in [1.82, 2.24) is 19.8 Å². The van der Waals surface area contributed by atoms with Crippen LogP contribution in [0.1, 0.15) is 5.82 Å². The third-order valence-electron chi connectivity index (χ3n) is 3.06. The van der Waals surface area contributed by atoms with Crippen molar-refractivity contribution in [2.75, 3.05) is 21.3 Å². The van der Waals surface area contributed by atoms with Gasteiger partial charge in [-0.25, -0.2) is 0 Å². The van der Waals surface area contributed by atoms with E-state index in [0.717, 1.165) is 21.4 Å². The second-order valence-corrected chi connectivity index (χ2v) is 5.22. The number of ether oxygens (including phenoxy) is 3. The molecule has 110 valence electrons. The summed E-state index contributed by atoms with van der Waals surface area (Å²) in [5.41, 5.74) is 0.874. The molecule has 0 aliphatic carbocycles. The van der Waals surface area contributed by atoms with Gasteiger partial charge in [-0.3, -0.25) is 0 Å². The van der Waals surface area contributed by atoms with E-state index in [1.807, 2.05) is 19.1 Å². The van der Waals surface area contributed by atoms with Gasteiger partial charge in [-0.15, -0.1) is 10.2 Å². The molecular formula is C13H14N4O3S. The minimum absolute atomic E-state index is 0.558. The van der Waals surface area contributed by atoms with Crippen LogP contribution in [0.5, 0.6) is 17.2 Å². The molecule has 0 aliphatic rings. The summed E-state index contributed by atoms with van der Waals surface area (Å²) in [6.45, 7) is 1.86. The normalized spacial score (nSPS) is 10.9. The van der Waals surface area contributed by atoms with Crippen LogP contribution in [-0.2, 0) is 0 Å². The van der Waals surface area contributed by atoms with Gasteiger partial charge in [0.05, 0.1) is 21.3 Å². The lowest BCUT2D eigenvalue weighted by atomic mass is 10.2. The number of hydrogen-bond donors (Lipinski definition) is 0. The van der Waals surface area contributed by atoms with Gasteiger partial charge in [-0.05, 0) is 19.1 Å². The fourth-order valence-corrected chi connectivity index (χ4v) is 2.91. The van der Waals surface area contributed by atoms with Crippen molar-refractivity contribution in [3.8, 4) is 27.8 Å². The molecule has 3 rings (SSSR count). The van der Waals surface area contributed by atoms with E-state index >= 15 is 0 Å². The Labute approximate surface area is 125 Å². The lowest BCUT2D eigenvalue weighted by Gasteiger charge is -2.13. The summed E-state index contributed by atoms with van der Waals surface area (Å²) in [5.74, 6) is 2.49. The van der Waals surface area contributed by atoms with Gasteiger partial charge >= 0.3 is 0 Å². The first-order chi connectivity index (χ1) is 10.2. The van der Waals surface area contributed by atoms with Crippen LogP contribution in [0, 0.1) is 6.92 Å². The quantitative estimate of drug-likeness (QED) is 0.736. The van der Waals surface area contributed by atoms with Crippen LogP contribution in [0.4, 0.5) is 0 Å². The third-order valence-corrected chi connectivity index (χ3v) is 4.01. The van der Waals surface area contributed by atoms with Gasteiger partial charge in [-0.1, -0.05) is 11.3 Å². The number of methoxy groups -OCH3 is 3. The summed E-state index contributed by atoms with van der Waals surface area (Å²) in [6, 6.07) is 3.73. The molecule has 2 aromatic heterocycles. The van der Waals surface area contributed by atoms with Crippen LogP contribution in [0.15, 0.2) is 12.1 Å². The number of benzene rings is 1. The zero-order chi connectivity index (χ0) is 15.0. The van der Waals surface area contributed by atoms with Crippen molar-refractivity contribution >= 4 is 16.3 Å². The molecule has 0 spiro atoms. The molecule has 2 heterocycles. The fourth-order valence-electron chi connectivity index (χ4n) is 2.04. The topological polar surface area (TPSA) is 70.8 Å². The minimum Gasteiger partial charge on any atom is -0.493 e. The zero-order valence-electron chi connectivity index (χ0n) is 12.1. The lowest BCUT2D eigenvalue weighted by molar-refractivity contribution is 0.324. The molecule has 21 heavy (non-hydrogen) atoms. The van der Waals surface area contributed by atoms with Crippen molar-refractivity contribution in [3.05, 3.63) is 18.0 Å². The molecule has 0 saturated carbocycles. The van der Waals surface area contributed by atoms with E-state index in [1.54, 1.807) is 25.8 Å². The van der Waals surface area contributed by atoms with E-state index in [4.69, 9.17) is 14.2 Å². The van der Waals surface area contributed by atoms with Gasteiger partial charge in [0.25, 0.3) is 0 Å². The van der Waals surface area contributed by atoms with E-state index < -0.39 is 0 Å². The number of hydrogen-bond acceptors (Lipinski definition) is 7. The molecule has 7 nitrogen and oxygen atoms in total. The Bertz CT molecular complexity index is 771. The second kappa shape index (κ2) is 5.21. The van der Waals surface area contributed by atoms with Crippen LogP contribution < -0.4 is 14.2 Å². The highest BCUT2D eigenvalue weighted by molar-refractivity contribution is 7.19. The molecule has 8 heteroatoms. The van der Waals surface area contributed by atoms with Crippen LogP contribution in [0.25, 0.3) is 15.5 Å².